The number of esters is 1. The van der Waals surface area contributed by atoms with Gasteiger partial charge < -0.3 is 16.2 Å². The average molecular weight is 281 g/mol. The molecule has 0 aromatic rings. The van der Waals surface area contributed by atoms with Crippen LogP contribution in [0, 0.1) is 11.8 Å². The Morgan fingerprint density at radius 3 is 2.60 bits per heavy atom. The van der Waals surface area contributed by atoms with Crippen molar-refractivity contribution in [3.8, 4) is 0 Å². The largest absolute Gasteiger partial charge is 0.461 e. The van der Waals surface area contributed by atoms with Crippen molar-refractivity contribution in [3.63, 3.8) is 0 Å². The van der Waals surface area contributed by atoms with Crippen molar-refractivity contribution in [3.05, 3.63) is 11.3 Å². The highest BCUT2D eigenvalue weighted by Gasteiger charge is 2.30. The van der Waals surface area contributed by atoms with E-state index in [9.17, 15) is 4.79 Å². The monoisotopic (exact) mass is 281 g/mol. The van der Waals surface area contributed by atoms with Crippen molar-refractivity contribution in [2.45, 2.75) is 46.6 Å². The van der Waals surface area contributed by atoms with Gasteiger partial charge in [0.05, 0.1) is 6.61 Å². The molecule has 0 saturated heterocycles. The van der Waals surface area contributed by atoms with E-state index in [0.717, 1.165) is 17.7 Å². The highest BCUT2D eigenvalue weighted by molar-refractivity contribution is 6.07. The molecule has 0 bridgehead atoms. The van der Waals surface area contributed by atoms with Crippen molar-refractivity contribution in [2.75, 3.05) is 13.2 Å². The van der Waals surface area contributed by atoms with E-state index in [1.807, 2.05) is 13.8 Å². The molecular weight excluding hydrogens is 254 g/mol. The number of carbonyl (C=O) groups is 1. The van der Waals surface area contributed by atoms with Crippen LogP contribution in [0.1, 0.15) is 40.5 Å². The minimum absolute atomic E-state index is 0.177. The second-order valence-electron chi connectivity index (χ2n) is 5.66. The molecule has 1 rings (SSSR count). The molecule has 0 amide bonds. The van der Waals surface area contributed by atoms with E-state index in [4.69, 9.17) is 16.2 Å². The second kappa shape index (κ2) is 7.43. The topological polar surface area (TPSA) is 90.7 Å². The molecule has 5 heteroatoms. The van der Waals surface area contributed by atoms with E-state index in [0.29, 0.717) is 31.4 Å². The van der Waals surface area contributed by atoms with Gasteiger partial charge in [0, 0.05) is 17.3 Å². The van der Waals surface area contributed by atoms with E-state index in [-0.39, 0.29) is 11.7 Å². The Morgan fingerprint density at radius 2 is 2.10 bits per heavy atom. The number of nitrogens with zero attached hydrogens (tertiary/aromatic N) is 1. The van der Waals surface area contributed by atoms with E-state index in [2.05, 4.69) is 11.9 Å². The summed E-state index contributed by atoms with van der Waals surface area (Å²) < 4.78 is 5.00. The first-order valence-electron chi connectivity index (χ1n) is 7.33. The van der Waals surface area contributed by atoms with E-state index in [1.54, 1.807) is 6.92 Å². The van der Waals surface area contributed by atoms with Crippen LogP contribution in [0.2, 0.25) is 0 Å². The number of ether oxygens (including phenoxy) is 1. The van der Waals surface area contributed by atoms with Crippen LogP contribution in [0.5, 0.6) is 0 Å². The smallest absolute Gasteiger partial charge is 0.354 e. The first-order chi connectivity index (χ1) is 9.40. The summed E-state index contributed by atoms with van der Waals surface area (Å²) in [6.45, 7) is 8.89. The molecule has 0 aromatic heterocycles. The van der Waals surface area contributed by atoms with Crippen LogP contribution in [0.25, 0.3) is 0 Å². The number of nitrogens with two attached hydrogens (primary N) is 2. The van der Waals surface area contributed by atoms with Gasteiger partial charge in [-0.05, 0) is 52.0 Å². The molecule has 0 spiro atoms. The van der Waals surface area contributed by atoms with E-state index < -0.39 is 5.97 Å². The molecule has 4 N–H and O–H groups in total. The molecule has 0 aromatic carbocycles. The molecule has 1 aliphatic carbocycles. The lowest BCUT2D eigenvalue weighted by atomic mass is 9.76. The molecule has 1 aliphatic rings. The summed E-state index contributed by atoms with van der Waals surface area (Å²) in [4.78, 5) is 16.5. The quantitative estimate of drug-likeness (QED) is 0.605. The molecule has 114 valence electrons. The van der Waals surface area contributed by atoms with Crippen molar-refractivity contribution in [2.24, 2.45) is 28.3 Å². The van der Waals surface area contributed by atoms with Crippen LogP contribution in [0.15, 0.2) is 16.3 Å². The fourth-order valence-electron chi connectivity index (χ4n) is 2.53. The van der Waals surface area contributed by atoms with Crippen LogP contribution in [-0.2, 0) is 9.53 Å². The van der Waals surface area contributed by atoms with Gasteiger partial charge in [0.15, 0.2) is 0 Å². The summed E-state index contributed by atoms with van der Waals surface area (Å²) in [7, 11) is 0. The summed E-state index contributed by atoms with van der Waals surface area (Å²) in [5.74, 6) is 0.338. The van der Waals surface area contributed by atoms with Crippen molar-refractivity contribution >= 4 is 11.7 Å². The highest BCUT2D eigenvalue weighted by atomic mass is 16.5. The molecule has 0 radical (unpaired) electrons. The first-order valence-corrected chi connectivity index (χ1v) is 7.33. The lowest BCUT2D eigenvalue weighted by Gasteiger charge is -2.32. The Bertz CT molecular complexity index is 413. The number of carbonyl (C=O) groups excluding carboxylic acids is 1. The number of allylic oxidation sites excluding steroid dienone is 1. The molecule has 1 fully saturated rings. The summed E-state index contributed by atoms with van der Waals surface area (Å²) in [5, 5.41) is 0. The molecule has 2 unspecified atom stereocenters. The molecule has 0 aliphatic heterocycles. The van der Waals surface area contributed by atoms with E-state index in [1.165, 1.54) is 0 Å². The lowest BCUT2D eigenvalue weighted by Crippen LogP contribution is -2.33. The molecule has 5 nitrogen and oxygen atoms in total. The van der Waals surface area contributed by atoms with Gasteiger partial charge in [-0.2, -0.15) is 0 Å². The second-order valence-corrected chi connectivity index (χ2v) is 5.66. The fraction of sp³-hybridized carbons (Fsp3) is 0.733. The zero-order valence-corrected chi connectivity index (χ0v) is 13.0. The van der Waals surface area contributed by atoms with Gasteiger partial charge in [-0.15, -0.1) is 0 Å². The Morgan fingerprint density at radius 1 is 1.45 bits per heavy atom. The number of hydrogen-bond acceptors (Lipinski definition) is 5. The predicted octanol–water partition coefficient (Wildman–Crippen LogP) is 1.62. The Balaban J connectivity index is 3.14. The zero-order valence-electron chi connectivity index (χ0n) is 13.0. The van der Waals surface area contributed by atoms with Crippen LogP contribution in [0.3, 0.4) is 0 Å². The van der Waals surface area contributed by atoms with Crippen LogP contribution in [-0.4, -0.2) is 30.9 Å². The maximum absolute atomic E-state index is 11.9. The molecule has 20 heavy (non-hydrogen) atoms. The third kappa shape index (κ3) is 4.07. The van der Waals surface area contributed by atoms with Crippen LogP contribution < -0.4 is 11.5 Å². The molecule has 1 saturated carbocycles. The molecule has 2 atom stereocenters. The SMILES string of the molecule is CCOC(=O)/C(N)=C1\CC(CN)C(C)CC1=NC(C)C. The summed E-state index contributed by atoms with van der Waals surface area (Å²) in [5.41, 5.74) is 13.8. The Labute approximate surface area is 121 Å². The number of rotatable bonds is 4. The third-order valence-electron chi connectivity index (χ3n) is 3.67. The predicted molar refractivity (Wildman–Crippen MR) is 81.4 cm³/mol. The number of aliphatic imine (C=N–C) groups is 1. The minimum Gasteiger partial charge on any atom is -0.461 e. The van der Waals surface area contributed by atoms with Crippen molar-refractivity contribution in [1.29, 1.82) is 0 Å². The first kappa shape index (κ1) is 16.7. The molecule has 0 heterocycles. The number of hydrogen-bond donors (Lipinski definition) is 2. The summed E-state index contributed by atoms with van der Waals surface area (Å²) in [6, 6.07) is 0.177. The van der Waals surface area contributed by atoms with E-state index >= 15 is 0 Å². The maximum atomic E-state index is 11.9. The lowest BCUT2D eigenvalue weighted by molar-refractivity contribution is -0.138. The minimum atomic E-state index is -0.454. The van der Waals surface area contributed by atoms with Crippen LogP contribution in [0.4, 0.5) is 0 Å². The van der Waals surface area contributed by atoms with Crippen molar-refractivity contribution in [1.82, 2.24) is 0 Å². The van der Waals surface area contributed by atoms with Crippen LogP contribution >= 0.6 is 0 Å². The highest BCUT2D eigenvalue weighted by Crippen LogP contribution is 2.32. The average Bonchev–Trinajstić information content (AvgIpc) is 2.38. The summed E-state index contributed by atoms with van der Waals surface area (Å²) in [6.07, 6.45) is 1.52. The Hall–Kier alpha value is -1.36. The summed E-state index contributed by atoms with van der Waals surface area (Å²) >= 11 is 0. The van der Waals surface area contributed by atoms with Crippen molar-refractivity contribution < 1.29 is 9.53 Å². The van der Waals surface area contributed by atoms with Gasteiger partial charge >= 0.3 is 5.97 Å². The standard InChI is InChI=1S/C15H27N3O2/c1-5-20-15(19)14(17)12-7-11(8-16)10(4)6-13(12)18-9(2)3/h9-11H,5-8,16-17H2,1-4H3/b14-12-,18-13?. The van der Waals surface area contributed by atoms with Gasteiger partial charge in [-0.3, -0.25) is 4.99 Å². The maximum Gasteiger partial charge on any atom is 0.354 e. The van der Waals surface area contributed by atoms with Gasteiger partial charge in [-0.1, -0.05) is 6.92 Å². The van der Waals surface area contributed by atoms with Gasteiger partial charge in [0.25, 0.3) is 0 Å². The molecular formula is C15H27N3O2. The third-order valence-corrected chi connectivity index (χ3v) is 3.67. The van der Waals surface area contributed by atoms with Gasteiger partial charge in [0.2, 0.25) is 0 Å². The van der Waals surface area contributed by atoms with Gasteiger partial charge in [-0.25, -0.2) is 4.79 Å². The Kier molecular flexibility index (Phi) is 6.20. The fourth-order valence-corrected chi connectivity index (χ4v) is 2.53. The normalized spacial score (nSPS) is 27.8. The zero-order chi connectivity index (χ0) is 15.3. The van der Waals surface area contributed by atoms with Gasteiger partial charge in [0.1, 0.15) is 5.70 Å².